The third-order valence-electron chi connectivity index (χ3n) is 2.77. The van der Waals surface area contributed by atoms with Gasteiger partial charge in [0.2, 0.25) is 5.91 Å². The number of halogens is 1. The van der Waals surface area contributed by atoms with Crippen LogP contribution in [-0.4, -0.2) is 51.2 Å². The van der Waals surface area contributed by atoms with Gasteiger partial charge in [-0.1, -0.05) is 0 Å². The number of hydrogen-bond donors (Lipinski definition) is 3. The highest BCUT2D eigenvalue weighted by atomic mass is 79.9. The molecule has 0 saturated heterocycles. The Hall–Kier alpha value is -1.81. The highest BCUT2D eigenvalue weighted by Crippen LogP contribution is 2.12. The monoisotopic (exact) mass is 447 g/mol. The van der Waals surface area contributed by atoms with Crippen LogP contribution < -0.4 is 10.6 Å². The summed E-state index contributed by atoms with van der Waals surface area (Å²) in [5.74, 6) is -0.421. The van der Waals surface area contributed by atoms with Crippen LogP contribution in [0, 0.1) is 0 Å². The maximum absolute atomic E-state index is 11.8. The zero-order valence-electron chi connectivity index (χ0n) is 14.7. The van der Waals surface area contributed by atoms with Crippen LogP contribution in [-0.2, 0) is 14.3 Å². The Kier molecular flexibility index (Phi) is 8.86. The van der Waals surface area contributed by atoms with Crippen molar-refractivity contribution in [3.63, 3.8) is 0 Å². The van der Waals surface area contributed by atoms with Gasteiger partial charge in [-0.2, -0.15) is 11.8 Å². The Morgan fingerprint density at radius 3 is 2.58 bits per heavy atom. The SMILES string of the molecule is CC(C)(C)OC(=O)NC(CCSCC(=O)Nc1ccc(Br)cn1)C(=O)O. The molecule has 0 aliphatic carbocycles. The van der Waals surface area contributed by atoms with E-state index in [4.69, 9.17) is 4.74 Å². The first-order valence-electron chi connectivity index (χ1n) is 7.78. The number of carbonyl (C=O) groups excluding carboxylic acids is 2. The minimum Gasteiger partial charge on any atom is -0.480 e. The van der Waals surface area contributed by atoms with Gasteiger partial charge in [0.25, 0.3) is 0 Å². The predicted octanol–water partition coefficient (Wildman–Crippen LogP) is 2.88. The summed E-state index contributed by atoms with van der Waals surface area (Å²) in [6.07, 6.45) is 0.958. The fourth-order valence-electron chi connectivity index (χ4n) is 1.70. The number of nitrogens with zero attached hydrogens (tertiary/aromatic N) is 1. The van der Waals surface area contributed by atoms with Crippen molar-refractivity contribution in [2.75, 3.05) is 16.8 Å². The number of carboxylic acids is 1. The lowest BCUT2D eigenvalue weighted by molar-refractivity contribution is -0.139. The minimum atomic E-state index is -1.15. The Bertz CT molecular complexity index is 634. The van der Waals surface area contributed by atoms with E-state index in [1.165, 1.54) is 11.8 Å². The van der Waals surface area contributed by atoms with E-state index < -0.39 is 23.7 Å². The van der Waals surface area contributed by atoms with Gasteiger partial charge in [0, 0.05) is 10.7 Å². The van der Waals surface area contributed by atoms with Crippen LogP contribution in [0.1, 0.15) is 27.2 Å². The highest BCUT2D eigenvalue weighted by Gasteiger charge is 2.23. The van der Waals surface area contributed by atoms with Crippen LogP contribution in [0.5, 0.6) is 0 Å². The lowest BCUT2D eigenvalue weighted by atomic mass is 10.2. The molecule has 1 heterocycles. The van der Waals surface area contributed by atoms with Gasteiger partial charge in [0.05, 0.1) is 5.75 Å². The molecule has 3 N–H and O–H groups in total. The lowest BCUT2D eigenvalue weighted by Gasteiger charge is -2.21. The number of alkyl carbamates (subject to hydrolysis) is 1. The highest BCUT2D eigenvalue weighted by molar-refractivity contribution is 9.10. The molecule has 0 bridgehead atoms. The van der Waals surface area contributed by atoms with E-state index in [2.05, 4.69) is 31.5 Å². The van der Waals surface area contributed by atoms with Gasteiger partial charge in [-0.25, -0.2) is 14.6 Å². The molecular formula is C16H22BrN3O5S. The molecule has 144 valence electrons. The van der Waals surface area contributed by atoms with Gasteiger partial charge in [-0.3, -0.25) is 4.79 Å². The number of thioether (sulfide) groups is 1. The van der Waals surface area contributed by atoms with Crippen LogP contribution >= 0.6 is 27.7 Å². The number of aliphatic carboxylic acids is 1. The summed E-state index contributed by atoms with van der Waals surface area (Å²) >= 11 is 4.52. The summed E-state index contributed by atoms with van der Waals surface area (Å²) in [5.41, 5.74) is -0.707. The number of aromatic nitrogens is 1. The van der Waals surface area contributed by atoms with Gasteiger partial charge < -0.3 is 20.5 Å². The molecule has 1 aromatic rings. The molecule has 10 heteroatoms. The van der Waals surface area contributed by atoms with Gasteiger partial charge in [0.15, 0.2) is 0 Å². The molecule has 1 atom stereocenters. The molecule has 0 spiro atoms. The lowest BCUT2D eigenvalue weighted by Crippen LogP contribution is -2.43. The average Bonchev–Trinajstić information content (AvgIpc) is 2.50. The number of anilines is 1. The van der Waals surface area contributed by atoms with Crippen molar-refractivity contribution >= 4 is 51.5 Å². The summed E-state index contributed by atoms with van der Waals surface area (Å²) < 4.78 is 5.85. The predicted molar refractivity (Wildman–Crippen MR) is 103 cm³/mol. The molecule has 8 nitrogen and oxygen atoms in total. The average molecular weight is 448 g/mol. The molecule has 0 radical (unpaired) electrons. The molecule has 1 unspecified atom stereocenters. The largest absolute Gasteiger partial charge is 0.480 e. The number of carboxylic acid groups (broad SMARTS) is 1. The number of rotatable bonds is 8. The molecule has 1 aromatic heterocycles. The standard InChI is InChI=1S/C16H22BrN3O5S/c1-16(2,3)25-15(24)19-11(14(22)23)6-7-26-9-13(21)20-12-5-4-10(17)8-18-12/h4-5,8,11H,6-7,9H2,1-3H3,(H,19,24)(H,22,23)(H,18,20,21). The quantitative estimate of drug-likeness (QED) is 0.524. The normalized spacial score (nSPS) is 12.2. The molecule has 0 aliphatic rings. The van der Waals surface area contributed by atoms with Gasteiger partial charge in [-0.05, 0) is 61.0 Å². The van der Waals surface area contributed by atoms with Crippen molar-refractivity contribution in [1.82, 2.24) is 10.3 Å². The van der Waals surface area contributed by atoms with E-state index in [0.717, 1.165) is 4.47 Å². The summed E-state index contributed by atoms with van der Waals surface area (Å²) in [6.45, 7) is 5.07. The molecule has 2 amide bonds. The first-order valence-corrected chi connectivity index (χ1v) is 9.73. The third-order valence-corrected chi connectivity index (χ3v) is 4.23. The smallest absolute Gasteiger partial charge is 0.408 e. The molecule has 1 rings (SSSR count). The number of amides is 2. The second kappa shape index (κ2) is 10.4. The maximum atomic E-state index is 11.8. The first-order chi connectivity index (χ1) is 12.1. The fraction of sp³-hybridized carbons (Fsp3) is 0.500. The summed E-state index contributed by atoms with van der Waals surface area (Å²) in [5, 5.41) is 14.1. The number of ether oxygens (including phenoxy) is 1. The second-order valence-electron chi connectivity index (χ2n) is 6.29. The topological polar surface area (TPSA) is 118 Å². The van der Waals surface area contributed by atoms with E-state index in [-0.39, 0.29) is 18.1 Å². The molecule has 0 aromatic carbocycles. The fourth-order valence-corrected chi connectivity index (χ4v) is 2.74. The number of nitrogens with one attached hydrogen (secondary N) is 2. The van der Waals surface area contributed by atoms with E-state index in [1.807, 2.05) is 0 Å². The number of pyridine rings is 1. The van der Waals surface area contributed by atoms with E-state index in [9.17, 15) is 19.5 Å². The molecule has 0 fully saturated rings. The molecule has 0 saturated carbocycles. The van der Waals surface area contributed by atoms with E-state index in [0.29, 0.717) is 11.6 Å². The Balaban J connectivity index is 2.34. The summed E-state index contributed by atoms with van der Waals surface area (Å²) in [7, 11) is 0. The summed E-state index contributed by atoms with van der Waals surface area (Å²) in [6, 6.07) is 2.35. The zero-order valence-corrected chi connectivity index (χ0v) is 17.1. The molecule has 0 aliphatic heterocycles. The van der Waals surface area contributed by atoms with E-state index in [1.54, 1.807) is 39.1 Å². The van der Waals surface area contributed by atoms with Crippen LogP contribution in [0.15, 0.2) is 22.8 Å². The molecular weight excluding hydrogens is 426 g/mol. The Morgan fingerprint density at radius 1 is 1.35 bits per heavy atom. The molecule has 26 heavy (non-hydrogen) atoms. The van der Waals surface area contributed by atoms with Crippen molar-refractivity contribution in [3.05, 3.63) is 22.8 Å². The zero-order chi connectivity index (χ0) is 19.7. The number of carbonyl (C=O) groups is 3. The minimum absolute atomic E-state index is 0.149. The van der Waals surface area contributed by atoms with E-state index >= 15 is 0 Å². The Morgan fingerprint density at radius 2 is 2.04 bits per heavy atom. The number of hydrogen-bond acceptors (Lipinski definition) is 6. The van der Waals surface area contributed by atoms with Gasteiger partial charge in [-0.15, -0.1) is 0 Å². The van der Waals surface area contributed by atoms with Crippen molar-refractivity contribution in [1.29, 1.82) is 0 Å². The maximum Gasteiger partial charge on any atom is 0.408 e. The summed E-state index contributed by atoms with van der Waals surface area (Å²) in [4.78, 5) is 38.7. The van der Waals surface area contributed by atoms with Crippen molar-refractivity contribution in [3.8, 4) is 0 Å². The van der Waals surface area contributed by atoms with Gasteiger partial charge in [0.1, 0.15) is 17.5 Å². The van der Waals surface area contributed by atoms with Gasteiger partial charge >= 0.3 is 12.1 Å². The van der Waals surface area contributed by atoms with Crippen molar-refractivity contribution in [2.45, 2.75) is 38.8 Å². The van der Waals surface area contributed by atoms with Crippen molar-refractivity contribution in [2.24, 2.45) is 0 Å². The van der Waals surface area contributed by atoms with Crippen molar-refractivity contribution < 1.29 is 24.2 Å². The second-order valence-corrected chi connectivity index (χ2v) is 8.31. The van der Waals surface area contributed by atoms with Crippen LogP contribution in [0.4, 0.5) is 10.6 Å². The Labute approximate surface area is 164 Å². The van der Waals surface area contributed by atoms with Crippen LogP contribution in [0.25, 0.3) is 0 Å². The first kappa shape index (κ1) is 22.2. The third kappa shape index (κ3) is 9.62. The van der Waals surface area contributed by atoms with Crippen LogP contribution in [0.2, 0.25) is 0 Å². The van der Waals surface area contributed by atoms with Crippen LogP contribution in [0.3, 0.4) is 0 Å².